The zero-order valence-corrected chi connectivity index (χ0v) is 13.2. The summed E-state index contributed by atoms with van der Waals surface area (Å²) in [5.41, 5.74) is 3.44. The van der Waals surface area contributed by atoms with E-state index in [1.807, 2.05) is 19.0 Å². The standard InChI is InChI=1S/C16H23N3O3/c1-19(2)6-5-17-16(20)18-10-13-12-4-8-21-14(12)9-11-3-7-22-15(11)13/h9H,3-8,10H2,1-2H3,(H2,17,18,20). The molecule has 0 saturated heterocycles. The quantitative estimate of drug-likeness (QED) is 0.849. The Morgan fingerprint density at radius 3 is 2.86 bits per heavy atom. The topological polar surface area (TPSA) is 62.8 Å². The largest absolute Gasteiger partial charge is 0.493 e. The number of nitrogens with one attached hydrogen (secondary N) is 2. The van der Waals surface area contributed by atoms with E-state index in [0.29, 0.717) is 26.3 Å². The second-order valence-electron chi connectivity index (χ2n) is 5.93. The van der Waals surface area contributed by atoms with Crippen molar-refractivity contribution in [2.45, 2.75) is 19.4 Å². The number of amides is 2. The first-order chi connectivity index (χ1) is 10.6. The van der Waals surface area contributed by atoms with E-state index in [4.69, 9.17) is 9.47 Å². The van der Waals surface area contributed by atoms with Crippen LogP contribution < -0.4 is 20.1 Å². The molecule has 0 aliphatic carbocycles. The van der Waals surface area contributed by atoms with E-state index in [1.54, 1.807) is 0 Å². The van der Waals surface area contributed by atoms with Gasteiger partial charge in [-0.1, -0.05) is 0 Å². The average Bonchev–Trinajstić information content (AvgIpc) is 3.11. The van der Waals surface area contributed by atoms with E-state index in [-0.39, 0.29) is 6.03 Å². The third-order valence-corrected chi connectivity index (χ3v) is 4.03. The fourth-order valence-electron chi connectivity index (χ4n) is 2.90. The van der Waals surface area contributed by atoms with Crippen LogP contribution in [0.25, 0.3) is 0 Å². The zero-order chi connectivity index (χ0) is 15.5. The maximum atomic E-state index is 11.9. The molecule has 6 nitrogen and oxygen atoms in total. The summed E-state index contributed by atoms with van der Waals surface area (Å²) >= 11 is 0. The Bertz CT molecular complexity index is 540. The minimum absolute atomic E-state index is 0.148. The molecule has 1 aromatic carbocycles. The SMILES string of the molecule is CN(C)CCNC(=O)NCc1c2c(cc3c1OCC3)OCC2. The Morgan fingerprint density at radius 2 is 2.05 bits per heavy atom. The van der Waals surface area contributed by atoms with E-state index in [2.05, 4.69) is 16.7 Å². The van der Waals surface area contributed by atoms with Crippen LogP contribution in [0.4, 0.5) is 4.79 Å². The van der Waals surface area contributed by atoms with E-state index < -0.39 is 0 Å². The molecule has 0 atom stereocenters. The number of hydrogen-bond acceptors (Lipinski definition) is 4. The van der Waals surface area contributed by atoms with Crippen molar-refractivity contribution in [2.75, 3.05) is 40.4 Å². The number of carbonyl (C=O) groups is 1. The summed E-state index contributed by atoms with van der Waals surface area (Å²) in [5.74, 6) is 1.90. The lowest BCUT2D eigenvalue weighted by Gasteiger charge is -2.15. The number of nitrogens with zero attached hydrogens (tertiary/aromatic N) is 1. The molecule has 120 valence electrons. The van der Waals surface area contributed by atoms with Gasteiger partial charge in [-0.25, -0.2) is 4.79 Å². The fraction of sp³-hybridized carbons (Fsp3) is 0.562. The molecule has 0 fully saturated rings. The van der Waals surface area contributed by atoms with Crippen LogP contribution in [0.1, 0.15) is 16.7 Å². The molecular weight excluding hydrogens is 282 g/mol. The Kier molecular flexibility index (Phi) is 4.38. The van der Waals surface area contributed by atoms with Crippen LogP contribution in [0.15, 0.2) is 6.07 Å². The lowest BCUT2D eigenvalue weighted by atomic mass is 9.99. The molecule has 0 radical (unpaired) electrons. The van der Waals surface area contributed by atoms with Gasteiger partial charge in [0.05, 0.1) is 13.2 Å². The monoisotopic (exact) mass is 305 g/mol. The van der Waals surface area contributed by atoms with Crippen LogP contribution in [0.3, 0.4) is 0 Å². The molecular formula is C16H23N3O3. The van der Waals surface area contributed by atoms with Crippen molar-refractivity contribution in [3.05, 3.63) is 22.8 Å². The number of rotatable bonds is 5. The maximum Gasteiger partial charge on any atom is 0.315 e. The van der Waals surface area contributed by atoms with Crippen LogP contribution >= 0.6 is 0 Å². The normalized spacial score (nSPS) is 15.0. The lowest BCUT2D eigenvalue weighted by Crippen LogP contribution is -2.38. The highest BCUT2D eigenvalue weighted by Gasteiger charge is 2.26. The smallest absolute Gasteiger partial charge is 0.315 e. The molecule has 1 aromatic rings. The van der Waals surface area contributed by atoms with Gasteiger partial charge in [0.2, 0.25) is 0 Å². The van der Waals surface area contributed by atoms with Gasteiger partial charge in [-0.3, -0.25) is 0 Å². The van der Waals surface area contributed by atoms with Crippen molar-refractivity contribution < 1.29 is 14.3 Å². The van der Waals surface area contributed by atoms with Gasteiger partial charge in [-0.2, -0.15) is 0 Å². The molecule has 0 spiro atoms. The van der Waals surface area contributed by atoms with Crippen LogP contribution in [-0.4, -0.2) is 51.3 Å². The Balaban J connectivity index is 1.64. The van der Waals surface area contributed by atoms with E-state index in [9.17, 15) is 4.79 Å². The summed E-state index contributed by atoms with van der Waals surface area (Å²) in [4.78, 5) is 13.9. The van der Waals surface area contributed by atoms with Gasteiger partial charge < -0.3 is 25.0 Å². The van der Waals surface area contributed by atoms with Gasteiger partial charge in [-0.05, 0) is 20.2 Å². The molecule has 22 heavy (non-hydrogen) atoms. The minimum atomic E-state index is -0.148. The number of carbonyl (C=O) groups excluding carboxylic acids is 1. The van der Waals surface area contributed by atoms with Crippen LogP contribution in [0.5, 0.6) is 11.5 Å². The first-order valence-corrected chi connectivity index (χ1v) is 7.75. The summed E-state index contributed by atoms with van der Waals surface area (Å²) in [7, 11) is 3.96. The third-order valence-electron chi connectivity index (χ3n) is 4.03. The number of likely N-dealkylation sites (N-methyl/N-ethyl adjacent to an activating group) is 1. The third kappa shape index (κ3) is 3.11. The highest BCUT2D eigenvalue weighted by Crippen LogP contribution is 2.40. The molecule has 0 unspecified atom stereocenters. The van der Waals surface area contributed by atoms with Gasteiger partial charge in [0.1, 0.15) is 11.5 Å². The number of urea groups is 1. The van der Waals surface area contributed by atoms with E-state index >= 15 is 0 Å². The van der Waals surface area contributed by atoms with Crippen molar-refractivity contribution in [3.8, 4) is 11.5 Å². The number of hydrogen-bond donors (Lipinski definition) is 2. The van der Waals surface area contributed by atoms with Crippen LogP contribution in [-0.2, 0) is 19.4 Å². The van der Waals surface area contributed by atoms with Crippen LogP contribution in [0, 0.1) is 0 Å². The molecule has 2 amide bonds. The highest BCUT2D eigenvalue weighted by molar-refractivity contribution is 5.74. The fourth-order valence-corrected chi connectivity index (χ4v) is 2.90. The summed E-state index contributed by atoms with van der Waals surface area (Å²) < 4.78 is 11.4. The first kappa shape index (κ1) is 15.0. The molecule has 0 aromatic heterocycles. The maximum absolute atomic E-state index is 11.9. The highest BCUT2D eigenvalue weighted by atomic mass is 16.5. The predicted molar refractivity (Wildman–Crippen MR) is 83.6 cm³/mol. The van der Waals surface area contributed by atoms with Crippen molar-refractivity contribution in [3.63, 3.8) is 0 Å². The molecule has 2 heterocycles. The van der Waals surface area contributed by atoms with Gasteiger partial charge in [0, 0.05) is 49.2 Å². The average molecular weight is 305 g/mol. The van der Waals surface area contributed by atoms with Crippen molar-refractivity contribution in [1.29, 1.82) is 0 Å². The van der Waals surface area contributed by atoms with Gasteiger partial charge >= 0.3 is 6.03 Å². The van der Waals surface area contributed by atoms with E-state index in [0.717, 1.165) is 36.4 Å². The molecule has 3 rings (SSSR count). The molecule has 0 bridgehead atoms. The summed E-state index contributed by atoms with van der Waals surface area (Å²) in [6.45, 7) is 3.34. The summed E-state index contributed by atoms with van der Waals surface area (Å²) in [5, 5.41) is 5.78. The molecule has 2 aliphatic heterocycles. The second kappa shape index (κ2) is 6.44. The van der Waals surface area contributed by atoms with Gasteiger partial charge in [0.25, 0.3) is 0 Å². The Morgan fingerprint density at radius 1 is 1.23 bits per heavy atom. The number of benzene rings is 1. The van der Waals surface area contributed by atoms with Crippen molar-refractivity contribution in [2.24, 2.45) is 0 Å². The van der Waals surface area contributed by atoms with Crippen molar-refractivity contribution in [1.82, 2.24) is 15.5 Å². The van der Waals surface area contributed by atoms with Gasteiger partial charge in [0.15, 0.2) is 0 Å². The molecule has 2 aliphatic rings. The predicted octanol–water partition coefficient (Wildman–Crippen LogP) is 0.917. The summed E-state index contributed by atoms with van der Waals surface area (Å²) in [6.07, 6.45) is 1.79. The van der Waals surface area contributed by atoms with Crippen molar-refractivity contribution >= 4 is 6.03 Å². The molecule has 0 saturated carbocycles. The van der Waals surface area contributed by atoms with Gasteiger partial charge in [-0.15, -0.1) is 0 Å². The Labute approximate surface area is 130 Å². The van der Waals surface area contributed by atoms with E-state index in [1.165, 1.54) is 11.1 Å². The Hall–Kier alpha value is -1.95. The summed E-state index contributed by atoms with van der Waals surface area (Å²) in [6, 6.07) is 1.94. The minimum Gasteiger partial charge on any atom is -0.493 e. The molecule has 6 heteroatoms. The number of fused-ring (bicyclic) bond motifs is 2. The second-order valence-corrected chi connectivity index (χ2v) is 5.93. The van der Waals surface area contributed by atoms with Crippen LogP contribution in [0.2, 0.25) is 0 Å². The first-order valence-electron chi connectivity index (χ1n) is 7.75. The number of ether oxygens (including phenoxy) is 2. The molecule has 2 N–H and O–H groups in total. The zero-order valence-electron chi connectivity index (χ0n) is 13.2. The lowest BCUT2D eigenvalue weighted by molar-refractivity contribution is 0.239.